The minimum Gasteiger partial charge on any atom is -0.398 e. The van der Waals surface area contributed by atoms with Gasteiger partial charge < -0.3 is 15.6 Å². The van der Waals surface area contributed by atoms with Crippen molar-refractivity contribution in [1.82, 2.24) is 19.7 Å². The molecule has 0 aliphatic rings. The first kappa shape index (κ1) is 20.2. The number of alkyl halides is 3. The molecule has 0 aliphatic carbocycles. The lowest BCUT2D eigenvalue weighted by Crippen LogP contribution is -2.24. The van der Waals surface area contributed by atoms with E-state index >= 15 is 0 Å². The molecule has 152 valence electrons. The Morgan fingerprint density at radius 3 is 2.69 bits per heavy atom. The zero-order chi connectivity index (χ0) is 21.3. The third-order valence-corrected chi connectivity index (χ3v) is 4.28. The quantitative estimate of drug-likeness (QED) is 0.506. The van der Waals surface area contributed by atoms with Gasteiger partial charge in [-0.2, -0.15) is 13.2 Å². The summed E-state index contributed by atoms with van der Waals surface area (Å²) in [5, 5.41) is 9.62. The maximum Gasteiger partial charge on any atom is 0.408 e. The molecule has 0 aliphatic heterocycles. The summed E-state index contributed by atoms with van der Waals surface area (Å²) in [5.41, 5.74) is 6.22. The maximum absolute atomic E-state index is 14.1. The molecule has 3 N–H and O–H groups in total. The number of aromatic nitrogens is 4. The van der Waals surface area contributed by atoms with Crippen molar-refractivity contribution in [3.05, 3.63) is 53.6 Å². The number of nitrogen functional groups attached to an aromatic ring is 1. The van der Waals surface area contributed by atoms with Crippen molar-refractivity contribution in [2.45, 2.75) is 26.1 Å². The van der Waals surface area contributed by atoms with Crippen LogP contribution in [0.25, 0.3) is 11.5 Å². The average molecular weight is 408 g/mol. The van der Waals surface area contributed by atoms with Crippen molar-refractivity contribution in [1.29, 1.82) is 0 Å². The highest BCUT2D eigenvalue weighted by molar-refractivity contribution is 6.04. The zero-order valence-corrected chi connectivity index (χ0v) is 15.3. The lowest BCUT2D eigenvalue weighted by molar-refractivity contribution is -0.162. The number of hydrogen-bond acceptors (Lipinski definition) is 5. The number of nitrogens with two attached hydrogens (primary N) is 1. The van der Waals surface area contributed by atoms with Crippen LogP contribution in [-0.2, 0) is 0 Å². The molecule has 2 heterocycles. The summed E-state index contributed by atoms with van der Waals surface area (Å²) in [6.07, 6.45) is -3.56. The monoisotopic (exact) mass is 408 g/mol. The van der Waals surface area contributed by atoms with Crippen molar-refractivity contribution < 1.29 is 22.4 Å². The molecule has 0 saturated carbocycles. The van der Waals surface area contributed by atoms with E-state index in [2.05, 4.69) is 20.5 Å². The third kappa shape index (κ3) is 4.18. The lowest BCUT2D eigenvalue weighted by atomic mass is 10.1. The molecule has 29 heavy (non-hydrogen) atoms. The predicted molar refractivity (Wildman–Crippen MR) is 97.5 cm³/mol. The Morgan fingerprint density at radius 1 is 1.28 bits per heavy atom. The number of carbonyl (C=O) groups is 1. The third-order valence-electron chi connectivity index (χ3n) is 4.28. The zero-order valence-electron chi connectivity index (χ0n) is 15.3. The van der Waals surface area contributed by atoms with Crippen LogP contribution in [0.5, 0.6) is 0 Å². The number of anilines is 2. The summed E-state index contributed by atoms with van der Waals surface area (Å²) >= 11 is 0. The summed E-state index contributed by atoms with van der Waals surface area (Å²) in [4.78, 5) is 16.5. The molecule has 1 amide bonds. The van der Waals surface area contributed by atoms with Gasteiger partial charge in [-0.05, 0) is 43.7 Å². The highest BCUT2D eigenvalue weighted by Gasteiger charge is 2.38. The molecular formula is C18H16F4N6O. The summed E-state index contributed by atoms with van der Waals surface area (Å²) in [5.74, 6) is -1.69. The molecule has 0 radical (unpaired) electrons. The van der Waals surface area contributed by atoms with Crippen LogP contribution in [0.15, 0.2) is 36.7 Å². The highest BCUT2D eigenvalue weighted by Crippen LogP contribution is 2.32. The number of halogens is 4. The fraction of sp³-hybridized carbons (Fsp3) is 0.222. The molecule has 2 aromatic heterocycles. The fourth-order valence-electron chi connectivity index (χ4n) is 2.54. The molecule has 0 bridgehead atoms. The molecule has 7 nitrogen and oxygen atoms in total. The van der Waals surface area contributed by atoms with Crippen molar-refractivity contribution in [3.8, 4) is 11.5 Å². The van der Waals surface area contributed by atoms with Crippen LogP contribution in [0.2, 0.25) is 0 Å². The van der Waals surface area contributed by atoms with E-state index in [1.165, 1.54) is 24.3 Å². The van der Waals surface area contributed by atoms with E-state index in [0.29, 0.717) is 5.56 Å². The van der Waals surface area contributed by atoms with Gasteiger partial charge in [0.05, 0.1) is 5.56 Å². The lowest BCUT2D eigenvalue weighted by Gasteiger charge is -2.18. The largest absolute Gasteiger partial charge is 0.408 e. The van der Waals surface area contributed by atoms with E-state index in [9.17, 15) is 22.4 Å². The van der Waals surface area contributed by atoms with Crippen LogP contribution in [0.4, 0.5) is 29.1 Å². The number of nitrogens with one attached hydrogen (secondary N) is 1. The molecule has 3 aromatic rings. The van der Waals surface area contributed by atoms with Crippen molar-refractivity contribution in [2.75, 3.05) is 11.1 Å². The summed E-state index contributed by atoms with van der Waals surface area (Å²) in [6.45, 7) is 2.56. The summed E-state index contributed by atoms with van der Waals surface area (Å²) < 4.78 is 54.0. The van der Waals surface area contributed by atoms with Gasteiger partial charge in [0, 0.05) is 5.69 Å². The minimum absolute atomic E-state index is 0.000239. The Labute approximate surface area is 162 Å². The van der Waals surface area contributed by atoms with Crippen molar-refractivity contribution in [3.63, 3.8) is 0 Å². The molecule has 1 aromatic carbocycles. The van der Waals surface area contributed by atoms with E-state index < -0.39 is 23.9 Å². The predicted octanol–water partition coefficient (Wildman–Crippen LogP) is 3.75. The number of benzene rings is 1. The molecule has 1 atom stereocenters. The highest BCUT2D eigenvalue weighted by atomic mass is 19.4. The van der Waals surface area contributed by atoms with Crippen LogP contribution >= 0.6 is 0 Å². The van der Waals surface area contributed by atoms with Gasteiger partial charge in [-0.25, -0.2) is 9.37 Å². The standard InChI is InChI=1S/C18H16F4N6O/c1-9-6-12(19)11(7-13(9)23)17(29)26-15-5-3-4-14(25-15)16-27-24-8-28(16)10(2)18(20,21)22/h3-8,10H,23H2,1-2H3,(H,25,26,29)/t10-/m0/s1. The summed E-state index contributed by atoms with van der Waals surface area (Å²) in [7, 11) is 0. The van der Waals surface area contributed by atoms with E-state index in [0.717, 1.165) is 23.9 Å². The molecule has 0 spiro atoms. The maximum atomic E-state index is 14.1. The number of amides is 1. The van der Waals surface area contributed by atoms with Gasteiger partial charge in [-0.3, -0.25) is 4.79 Å². The summed E-state index contributed by atoms with van der Waals surface area (Å²) in [6, 6.07) is 4.75. The number of rotatable bonds is 4. The van der Waals surface area contributed by atoms with Gasteiger partial charge >= 0.3 is 6.18 Å². The van der Waals surface area contributed by atoms with Crippen LogP contribution in [0.1, 0.15) is 28.9 Å². The minimum atomic E-state index is -4.51. The van der Waals surface area contributed by atoms with Crippen LogP contribution < -0.4 is 11.1 Å². The molecule has 0 unspecified atom stereocenters. The number of pyridine rings is 1. The fourth-order valence-corrected chi connectivity index (χ4v) is 2.54. The van der Waals surface area contributed by atoms with Crippen LogP contribution in [-0.4, -0.2) is 31.8 Å². The van der Waals surface area contributed by atoms with Gasteiger partial charge in [-0.1, -0.05) is 6.07 Å². The van der Waals surface area contributed by atoms with E-state index in [1.54, 1.807) is 6.92 Å². The smallest absolute Gasteiger partial charge is 0.398 e. The second-order valence-corrected chi connectivity index (χ2v) is 6.33. The Hall–Kier alpha value is -3.50. The topological polar surface area (TPSA) is 98.7 Å². The van der Waals surface area contributed by atoms with E-state index in [4.69, 9.17) is 5.73 Å². The van der Waals surface area contributed by atoms with Gasteiger partial charge in [0.1, 0.15) is 29.7 Å². The molecule has 0 saturated heterocycles. The second-order valence-electron chi connectivity index (χ2n) is 6.33. The van der Waals surface area contributed by atoms with Gasteiger partial charge in [-0.15, -0.1) is 10.2 Å². The molecule has 0 fully saturated rings. The first-order valence-corrected chi connectivity index (χ1v) is 8.38. The van der Waals surface area contributed by atoms with Gasteiger partial charge in [0.15, 0.2) is 5.82 Å². The van der Waals surface area contributed by atoms with Crippen molar-refractivity contribution in [2.24, 2.45) is 0 Å². The Bertz CT molecular complexity index is 1060. The number of nitrogens with zero attached hydrogens (tertiary/aromatic N) is 4. The Morgan fingerprint density at radius 2 is 2.00 bits per heavy atom. The normalized spacial score (nSPS) is 12.6. The number of hydrogen-bond donors (Lipinski definition) is 2. The van der Waals surface area contributed by atoms with Crippen molar-refractivity contribution >= 4 is 17.4 Å². The number of aryl methyl sites for hydroxylation is 1. The second kappa shape index (κ2) is 7.49. The van der Waals surface area contributed by atoms with Gasteiger partial charge in [0.2, 0.25) is 0 Å². The SMILES string of the molecule is Cc1cc(F)c(C(=O)Nc2cccc(-c3nncn3[C@@H](C)C(F)(F)F)n2)cc1N. The van der Waals surface area contributed by atoms with E-state index in [1.807, 2.05) is 0 Å². The molecular weight excluding hydrogens is 392 g/mol. The average Bonchev–Trinajstić information content (AvgIpc) is 3.13. The van der Waals surface area contributed by atoms with Crippen LogP contribution in [0, 0.1) is 12.7 Å². The first-order chi connectivity index (χ1) is 13.6. The first-order valence-electron chi connectivity index (χ1n) is 8.38. The number of carbonyl (C=O) groups excluding carboxylic acids is 1. The molecule has 11 heteroatoms. The Kier molecular flexibility index (Phi) is 5.23. The van der Waals surface area contributed by atoms with Gasteiger partial charge in [0.25, 0.3) is 5.91 Å². The Balaban J connectivity index is 1.89. The van der Waals surface area contributed by atoms with E-state index in [-0.39, 0.29) is 28.6 Å². The van der Waals surface area contributed by atoms with Crippen LogP contribution in [0.3, 0.4) is 0 Å². The molecule has 3 rings (SSSR count).